The highest BCUT2D eigenvalue weighted by atomic mass is 16.5. The molecular weight excluding hydrogens is 612 g/mol. The molecule has 1 amide bonds. The van der Waals surface area contributed by atoms with Crippen molar-refractivity contribution in [2.24, 2.45) is 0 Å². The van der Waals surface area contributed by atoms with Gasteiger partial charge in [-0.05, 0) is 72.0 Å². The first-order valence-corrected chi connectivity index (χ1v) is 15.8. The summed E-state index contributed by atoms with van der Waals surface area (Å²) < 4.78 is 33.1. The Kier molecular flexibility index (Phi) is 11.2. The van der Waals surface area contributed by atoms with Crippen LogP contribution < -0.4 is 28.4 Å². The van der Waals surface area contributed by atoms with Gasteiger partial charge in [0.25, 0.3) is 0 Å². The number of piperidine rings is 1. The lowest BCUT2D eigenvalue weighted by atomic mass is 10.0. The van der Waals surface area contributed by atoms with Gasteiger partial charge in [0.05, 0.1) is 48.4 Å². The molecule has 4 aromatic rings. The Morgan fingerprint density at radius 1 is 0.729 bits per heavy atom. The summed E-state index contributed by atoms with van der Waals surface area (Å²) in [6, 6.07) is 14.0. The second kappa shape index (κ2) is 15.7. The van der Waals surface area contributed by atoms with Crippen molar-refractivity contribution in [3.8, 4) is 56.9 Å². The fraction of sp³-hybridized carbons (Fsp3) is 0.378. The van der Waals surface area contributed by atoms with Gasteiger partial charge in [-0.2, -0.15) is 0 Å². The Labute approximate surface area is 282 Å². The molecule has 5 rings (SSSR count). The number of rotatable bonds is 13. The summed E-state index contributed by atoms with van der Waals surface area (Å²) in [7, 11) is 9.57. The van der Waals surface area contributed by atoms with Gasteiger partial charge in [0.2, 0.25) is 17.4 Å². The zero-order chi connectivity index (χ0) is 34.2. The molecule has 0 spiro atoms. The van der Waals surface area contributed by atoms with Gasteiger partial charge in [-0.15, -0.1) is 0 Å². The van der Waals surface area contributed by atoms with Crippen LogP contribution in [0.15, 0.2) is 61.1 Å². The van der Waals surface area contributed by atoms with Crippen molar-refractivity contribution in [3.63, 3.8) is 0 Å². The SMILES string of the molecule is COc1cc(-c2cncc(CN(C(C)=O)C3CCN(Cc4ccnc(-c5cc(OC)c(OC)c(OC)c5)c4)CC3)c2)cc(OC)c1OC. The predicted octanol–water partition coefficient (Wildman–Crippen LogP) is 5.88. The molecule has 1 saturated heterocycles. The van der Waals surface area contributed by atoms with Crippen LogP contribution in [0.5, 0.6) is 34.5 Å². The summed E-state index contributed by atoms with van der Waals surface area (Å²) in [5.74, 6) is 3.43. The summed E-state index contributed by atoms with van der Waals surface area (Å²) in [5, 5.41) is 0. The number of carbonyl (C=O) groups excluding carboxylic acids is 1. The number of likely N-dealkylation sites (tertiary alicyclic amines) is 1. The number of benzene rings is 2. The number of nitrogens with zero attached hydrogens (tertiary/aromatic N) is 4. The molecular formula is C37H44N4O7. The lowest BCUT2D eigenvalue weighted by Crippen LogP contribution is -2.46. The van der Waals surface area contributed by atoms with Crippen molar-refractivity contribution in [2.75, 3.05) is 55.7 Å². The first-order valence-electron chi connectivity index (χ1n) is 15.8. The molecule has 0 unspecified atom stereocenters. The van der Waals surface area contributed by atoms with E-state index in [9.17, 15) is 4.79 Å². The van der Waals surface area contributed by atoms with Gasteiger partial charge in [-0.3, -0.25) is 19.7 Å². The van der Waals surface area contributed by atoms with Gasteiger partial charge in [-0.1, -0.05) is 0 Å². The quantitative estimate of drug-likeness (QED) is 0.173. The normalized spacial score (nSPS) is 13.5. The number of hydrogen-bond acceptors (Lipinski definition) is 10. The highest BCUT2D eigenvalue weighted by Crippen LogP contribution is 2.42. The number of aromatic nitrogens is 2. The number of methoxy groups -OCH3 is 6. The van der Waals surface area contributed by atoms with Gasteiger partial charge in [0.15, 0.2) is 23.0 Å². The second-order valence-electron chi connectivity index (χ2n) is 11.6. The molecule has 1 aliphatic heterocycles. The van der Waals surface area contributed by atoms with Crippen LogP contribution in [0.1, 0.15) is 30.9 Å². The highest BCUT2D eigenvalue weighted by molar-refractivity contribution is 5.74. The minimum absolute atomic E-state index is 0.0516. The molecule has 3 heterocycles. The topological polar surface area (TPSA) is 105 Å². The molecule has 1 aliphatic rings. The summed E-state index contributed by atoms with van der Waals surface area (Å²) >= 11 is 0. The first-order chi connectivity index (χ1) is 23.3. The third-order valence-electron chi connectivity index (χ3n) is 8.74. The zero-order valence-corrected chi connectivity index (χ0v) is 28.7. The maximum Gasteiger partial charge on any atom is 0.219 e. The Balaban J connectivity index is 1.25. The van der Waals surface area contributed by atoms with Crippen molar-refractivity contribution < 1.29 is 33.2 Å². The van der Waals surface area contributed by atoms with E-state index in [0.29, 0.717) is 41.0 Å². The number of carbonyl (C=O) groups is 1. The number of hydrogen-bond donors (Lipinski definition) is 0. The van der Waals surface area contributed by atoms with E-state index in [1.165, 1.54) is 0 Å². The summed E-state index contributed by atoms with van der Waals surface area (Å²) in [5.41, 5.74) is 5.59. The first kappa shape index (κ1) is 34.3. The van der Waals surface area contributed by atoms with Crippen LogP contribution in [-0.2, 0) is 17.9 Å². The Bertz CT molecular complexity index is 1670. The maximum absolute atomic E-state index is 12.9. The standard InChI is InChI=1S/C37H44N4O7/c1-24(42)41(23-26-14-29(21-38-20-26)27-16-32(43-2)36(47-6)33(17-27)44-3)30-9-12-40(13-10-30)22-25-8-11-39-31(15-25)28-18-34(45-4)37(48-7)35(19-28)46-5/h8,11,14-21,30H,9-10,12-13,22-23H2,1-7H3. The number of amides is 1. The number of pyridine rings is 2. The van der Waals surface area contributed by atoms with E-state index in [-0.39, 0.29) is 11.9 Å². The molecule has 0 saturated carbocycles. The van der Waals surface area contributed by atoms with E-state index in [4.69, 9.17) is 28.4 Å². The van der Waals surface area contributed by atoms with Gasteiger partial charge >= 0.3 is 0 Å². The third-order valence-corrected chi connectivity index (χ3v) is 8.74. The lowest BCUT2D eigenvalue weighted by Gasteiger charge is -2.38. The largest absolute Gasteiger partial charge is 0.493 e. The van der Waals surface area contributed by atoms with Gasteiger partial charge < -0.3 is 33.3 Å². The zero-order valence-electron chi connectivity index (χ0n) is 28.7. The fourth-order valence-electron chi connectivity index (χ4n) is 6.28. The average molecular weight is 657 g/mol. The molecule has 0 bridgehead atoms. The van der Waals surface area contributed by atoms with Crippen LogP contribution in [0, 0.1) is 0 Å². The van der Waals surface area contributed by atoms with Crippen LogP contribution in [0.2, 0.25) is 0 Å². The molecule has 0 atom stereocenters. The van der Waals surface area contributed by atoms with Crippen LogP contribution in [0.4, 0.5) is 0 Å². The Morgan fingerprint density at radius 2 is 1.29 bits per heavy atom. The molecule has 48 heavy (non-hydrogen) atoms. The third kappa shape index (κ3) is 7.57. The maximum atomic E-state index is 12.9. The molecule has 1 fully saturated rings. The molecule has 11 nitrogen and oxygen atoms in total. The molecule has 0 N–H and O–H groups in total. The monoisotopic (exact) mass is 656 g/mol. The predicted molar refractivity (Wildman–Crippen MR) is 183 cm³/mol. The minimum atomic E-state index is 0.0516. The van der Waals surface area contributed by atoms with Crippen molar-refractivity contribution in [1.29, 1.82) is 0 Å². The Hall–Kier alpha value is -5.03. The van der Waals surface area contributed by atoms with E-state index in [1.807, 2.05) is 47.6 Å². The summed E-state index contributed by atoms with van der Waals surface area (Å²) in [6.07, 6.45) is 7.21. The van der Waals surface area contributed by atoms with Crippen molar-refractivity contribution in [3.05, 3.63) is 72.2 Å². The van der Waals surface area contributed by atoms with Crippen molar-refractivity contribution in [2.45, 2.75) is 38.9 Å². The van der Waals surface area contributed by atoms with E-state index in [1.54, 1.807) is 55.8 Å². The highest BCUT2D eigenvalue weighted by Gasteiger charge is 2.27. The van der Waals surface area contributed by atoms with Gasteiger partial charge in [-0.25, -0.2) is 0 Å². The fourth-order valence-corrected chi connectivity index (χ4v) is 6.28. The van der Waals surface area contributed by atoms with Crippen molar-refractivity contribution >= 4 is 5.91 Å². The molecule has 254 valence electrons. The van der Waals surface area contributed by atoms with Gasteiger partial charge in [0.1, 0.15) is 0 Å². The van der Waals surface area contributed by atoms with E-state index in [2.05, 4.69) is 27.0 Å². The molecule has 2 aromatic heterocycles. The van der Waals surface area contributed by atoms with E-state index in [0.717, 1.165) is 66.0 Å². The van der Waals surface area contributed by atoms with Crippen LogP contribution in [0.25, 0.3) is 22.4 Å². The average Bonchev–Trinajstić information content (AvgIpc) is 3.13. The van der Waals surface area contributed by atoms with Crippen molar-refractivity contribution in [1.82, 2.24) is 19.8 Å². The Morgan fingerprint density at radius 3 is 1.81 bits per heavy atom. The van der Waals surface area contributed by atoms with Crippen LogP contribution in [0.3, 0.4) is 0 Å². The number of ether oxygens (including phenoxy) is 6. The van der Waals surface area contributed by atoms with E-state index < -0.39 is 0 Å². The van der Waals surface area contributed by atoms with Crippen LogP contribution >= 0.6 is 0 Å². The lowest BCUT2D eigenvalue weighted by molar-refractivity contribution is -0.132. The van der Waals surface area contributed by atoms with E-state index >= 15 is 0 Å². The second-order valence-corrected chi connectivity index (χ2v) is 11.6. The minimum Gasteiger partial charge on any atom is -0.493 e. The molecule has 2 aromatic carbocycles. The summed E-state index contributed by atoms with van der Waals surface area (Å²) in [6.45, 7) is 4.66. The smallest absolute Gasteiger partial charge is 0.219 e. The van der Waals surface area contributed by atoms with Crippen LogP contribution in [-0.4, -0.2) is 87.5 Å². The molecule has 0 aliphatic carbocycles. The summed E-state index contributed by atoms with van der Waals surface area (Å²) in [4.78, 5) is 26.4. The molecule has 11 heteroatoms. The van der Waals surface area contributed by atoms with Gasteiger partial charge in [0, 0.05) is 68.9 Å². The molecule has 0 radical (unpaired) electrons.